The van der Waals surface area contributed by atoms with Gasteiger partial charge >= 0.3 is 12.3 Å². The Kier molecular flexibility index (Phi) is 16.8. The zero-order chi connectivity index (χ0) is 25.9. The van der Waals surface area contributed by atoms with Gasteiger partial charge in [-0.25, -0.2) is 19.4 Å². The molecule has 0 atom stereocenters. The second kappa shape index (κ2) is 18.4. The minimum Gasteiger partial charge on any atom is -0.447 e. The minimum atomic E-state index is -1.80. The maximum atomic E-state index is 9.29. The number of carbonyl (C=O) groups is 2. The average Bonchev–Trinajstić information content (AvgIpc) is 2.81. The largest absolute Gasteiger partial charge is 0.547 e. The molecule has 2 aromatic carbocycles. The average molecular weight is 475 g/mol. The van der Waals surface area contributed by atoms with E-state index in [1.165, 1.54) is 49.7 Å². The smallest absolute Gasteiger partial charge is 0.447 e. The second-order valence-electron chi connectivity index (χ2n) is 8.61. The Balaban J connectivity index is 0.000000497. The molecular weight excluding hydrogens is 432 g/mol. The Labute approximate surface area is 204 Å². The van der Waals surface area contributed by atoms with Crippen LogP contribution in [0.3, 0.4) is 0 Å². The van der Waals surface area contributed by atoms with Gasteiger partial charge in [0.05, 0.1) is 0 Å². The van der Waals surface area contributed by atoms with Crippen LogP contribution < -0.4 is 0 Å². The van der Waals surface area contributed by atoms with Gasteiger partial charge < -0.3 is 10.2 Å². The first-order valence-electron chi connectivity index (χ1n) is 12.1. The van der Waals surface area contributed by atoms with Crippen molar-refractivity contribution in [1.29, 1.82) is 0 Å². The van der Waals surface area contributed by atoms with E-state index in [0.717, 1.165) is 0 Å². The van der Waals surface area contributed by atoms with Crippen LogP contribution in [0.2, 0.25) is 0 Å². The van der Waals surface area contributed by atoms with E-state index < -0.39 is 12.3 Å². The van der Waals surface area contributed by atoms with Crippen LogP contribution in [0.15, 0.2) is 48.5 Å². The molecule has 2 aromatic rings. The molecule has 0 aliphatic heterocycles. The standard InChI is InChI=1S/2C13H20.C2H2O6/c2*1-4-5-8-12-9-6-7-10-13(12)11(2)3;3-1(4)7-8-2(5)6/h2*6-7,9-11H,4-5,8H2,1-3H3;(H,3,4)(H,5,6). The molecule has 6 heteroatoms. The van der Waals surface area contributed by atoms with Gasteiger partial charge in [0.2, 0.25) is 0 Å². The molecule has 0 heterocycles. The summed E-state index contributed by atoms with van der Waals surface area (Å²) in [5.74, 6) is 1.32. The number of carboxylic acid groups (broad SMARTS) is 2. The van der Waals surface area contributed by atoms with Gasteiger partial charge in [-0.1, -0.05) is 103 Å². The van der Waals surface area contributed by atoms with Crippen molar-refractivity contribution < 1.29 is 29.6 Å². The van der Waals surface area contributed by atoms with Crippen molar-refractivity contribution in [3.8, 4) is 0 Å². The molecular formula is C28H42O6. The molecule has 0 fully saturated rings. The van der Waals surface area contributed by atoms with E-state index in [4.69, 9.17) is 10.2 Å². The van der Waals surface area contributed by atoms with Crippen LogP contribution in [-0.4, -0.2) is 22.5 Å². The summed E-state index contributed by atoms with van der Waals surface area (Å²) in [6.07, 6.45) is 4.07. The molecule has 0 saturated carbocycles. The number of hydrogen-bond donors (Lipinski definition) is 2. The van der Waals surface area contributed by atoms with Crippen LogP contribution in [0.1, 0.15) is 101 Å². The third-order valence-corrected chi connectivity index (χ3v) is 5.14. The van der Waals surface area contributed by atoms with Crippen LogP contribution in [0.4, 0.5) is 9.59 Å². The van der Waals surface area contributed by atoms with E-state index in [9.17, 15) is 9.59 Å². The predicted molar refractivity (Wildman–Crippen MR) is 137 cm³/mol. The Morgan fingerprint density at radius 2 is 1.00 bits per heavy atom. The third-order valence-electron chi connectivity index (χ3n) is 5.14. The molecule has 2 N–H and O–H groups in total. The Morgan fingerprint density at radius 1 is 0.676 bits per heavy atom. The van der Waals surface area contributed by atoms with Crippen LogP contribution in [-0.2, 0) is 22.6 Å². The van der Waals surface area contributed by atoms with E-state index in [0.29, 0.717) is 11.8 Å². The van der Waals surface area contributed by atoms with Gasteiger partial charge in [0.1, 0.15) is 0 Å². The molecule has 2 rings (SSSR count). The molecule has 6 nitrogen and oxygen atoms in total. The summed E-state index contributed by atoms with van der Waals surface area (Å²) in [7, 11) is 0. The summed E-state index contributed by atoms with van der Waals surface area (Å²) in [5.41, 5.74) is 6.13. The summed E-state index contributed by atoms with van der Waals surface area (Å²) in [6.45, 7) is 13.6. The van der Waals surface area contributed by atoms with Crippen molar-refractivity contribution in [2.24, 2.45) is 0 Å². The quantitative estimate of drug-likeness (QED) is 0.294. The number of unbranched alkanes of at least 4 members (excludes halogenated alkanes) is 2. The Morgan fingerprint density at radius 3 is 1.26 bits per heavy atom. The lowest BCUT2D eigenvalue weighted by molar-refractivity contribution is -0.208. The van der Waals surface area contributed by atoms with Crippen LogP contribution in [0.5, 0.6) is 0 Å². The lowest BCUT2D eigenvalue weighted by atomic mass is 9.94. The first-order valence-corrected chi connectivity index (χ1v) is 12.1. The van der Waals surface area contributed by atoms with Crippen molar-refractivity contribution in [3.63, 3.8) is 0 Å². The molecule has 0 radical (unpaired) electrons. The van der Waals surface area contributed by atoms with E-state index in [1.807, 2.05) is 0 Å². The Hall–Kier alpha value is -3.02. The molecule has 0 spiro atoms. The van der Waals surface area contributed by atoms with Gasteiger partial charge in [0.25, 0.3) is 0 Å². The fourth-order valence-corrected chi connectivity index (χ4v) is 3.46. The van der Waals surface area contributed by atoms with Crippen molar-refractivity contribution in [3.05, 3.63) is 70.8 Å². The third kappa shape index (κ3) is 14.2. The molecule has 0 bridgehead atoms. The summed E-state index contributed by atoms with van der Waals surface area (Å²) < 4.78 is 0. The summed E-state index contributed by atoms with van der Waals surface area (Å²) in [6, 6.07) is 17.6. The first-order chi connectivity index (χ1) is 16.1. The topological polar surface area (TPSA) is 93.1 Å². The molecule has 0 amide bonds. The maximum absolute atomic E-state index is 9.29. The van der Waals surface area contributed by atoms with Crippen molar-refractivity contribution in [2.45, 2.75) is 91.9 Å². The van der Waals surface area contributed by atoms with Gasteiger partial charge in [-0.2, -0.15) is 0 Å². The SMILES string of the molecule is CCCCc1ccccc1C(C)C.CCCCc1ccccc1C(C)C.O=C(O)OOC(=O)O. The molecule has 0 aliphatic carbocycles. The van der Waals surface area contributed by atoms with E-state index in [-0.39, 0.29) is 0 Å². The number of aryl methyl sites for hydroxylation is 2. The molecule has 190 valence electrons. The summed E-state index contributed by atoms with van der Waals surface area (Å²) in [5, 5.41) is 15.1. The van der Waals surface area contributed by atoms with Crippen molar-refractivity contribution >= 4 is 12.3 Å². The molecule has 0 saturated heterocycles. The van der Waals surface area contributed by atoms with Gasteiger partial charge in [-0.3, -0.25) is 0 Å². The maximum Gasteiger partial charge on any atom is 0.547 e. The Bertz CT molecular complexity index is 760. The van der Waals surface area contributed by atoms with E-state index in [2.05, 4.69) is 99.8 Å². The highest BCUT2D eigenvalue weighted by molar-refractivity contribution is 5.60. The lowest BCUT2D eigenvalue weighted by Gasteiger charge is -2.11. The van der Waals surface area contributed by atoms with Gasteiger partial charge in [-0.15, -0.1) is 0 Å². The van der Waals surface area contributed by atoms with Gasteiger partial charge in [0, 0.05) is 0 Å². The highest BCUT2D eigenvalue weighted by atomic mass is 17.2. The number of hydrogen-bond acceptors (Lipinski definition) is 4. The predicted octanol–water partition coefficient (Wildman–Crippen LogP) is 8.60. The van der Waals surface area contributed by atoms with E-state index in [1.54, 1.807) is 11.1 Å². The van der Waals surface area contributed by atoms with E-state index >= 15 is 0 Å². The zero-order valence-electron chi connectivity index (χ0n) is 21.5. The summed E-state index contributed by atoms with van der Waals surface area (Å²) in [4.78, 5) is 24.8. The molecule has 34 heavy (non-hydrogen) atoms. The van der Waals surface area contributed by atoms with Crippen LogP contribution >= 0.6 is 0 Å². The molecule has 0 unspecified atom stereocenters. The van der Waals surface area contributed by atoms with Gasteiger partial charge in [0.15, 0.2) is 0 Å². The van der Waals surface area contributed by atoms with Gasteiger partial charge in [-0.05, 0) is 59.8 Å². The second-order valence-corrected chi connectivity index (χ2v) is 8.61. The highest BCUT2D eigenvalue weighted by Crippen LogP contribution is 2.21. The normalized spacial score (nSPS) is 10.0. The lowest BCUT2D eigenvalue weighted by Crippen LogP contribution is -2.05. The highest BCUT2D eigenvalue weighted by Gasteiger charge is 2.05. The minimum absolute atomic E-state index is 0.660. The fourth-order valence-electron chi connectivity index (χ4n) is 3.46. The van der Waals surface area contributed by atoms with Crippen LogP contribution in [0.25, 0.3) is 0 Å². The summed E-state index contributed by atoms with van der Waals surface area (Å²) >= 11 is 0. The zero-order valence-corrected chi connectivity index (χ0v) is 21.5. The van der Waals surface area contributed by atoms with Crippen molar-refractivity contribution in [1.82, 2.24) is 0 Å². The van der Waals surface area contributed by atoms with Crippen LogP contribution in [0, 0.1) is 0 Å². The molecule has 0 aromatic heterocycles. The first kappa shape index (κ1) is 31.0. The van der Waals surface area contributed by atoms with Crippen molar-refractivity contribution in [2.75, 3.05) is 0 Å². The molecule has 0 aliphatic rings. The number of benzene rings is 2. The monoisotopic (exact) mass is 474 g/mol. The fraction of sp³-hybridized carbons (Fsp3) is 0.500. The number of rotatable bonds is 8.